The second kappa shape index (κ2) is 10.3. The molecule has 0 aliphatic carbocycles. The summed E-state index contributed by atoms with van der Waals surface area (Å²) in [5.74, 6) is 0.00635. The van der Waals surface area contributed by atoms with Gasteiger partial charge < -0.3 is 4.57 Å². The Balaban J connectivity index is 1.30. The molecular formula is C28H23ClN4OS. The van der Waals surface area contributed by atoms with E-state index in [9.17, 15) is 4.79 Å². The molecule has 0 atom stereocenters. The summed E-state index contributed by atoms with van der Waals surface area (Å²) in [5, 5.41) is 8.09. The quantitative estimate of drug-likeness (QED) is 0.158. The molecule has 5 rings (SSSR count). The molecule has 0 radical (unpaired) electrons. The molecule has 0 fully saturated rings. The van der Waals surface area contributed by atoms with E-state index < -0.39 is 0 Å². The Morgan fingerprint density at radius 2 is 1.71 bits per heavy atom. The van der Waals surface area contributed by atoms with Gasteiger partial charge in [0.15, 0.2) is 5.16 Å². The van der Waals surface area contributed by atoms with Crippen LogP contribution in [0, 0.1) is 0 Å². The van der Waals surface area contributed by atoms with Gasteiger partial charge >= 0.3 is 0 Å². The van der Waals surface area contributed by atoms with Crippen LogP contribution in [0.4, 0.5) is 0 Å². The Morgan fingerprint density at radius 1 is 0.971 bits per heavy atom. The molecule has 1 N–H and O–H groups in total. The van der Waals surface area contributed by atoms with Crippen molar-refractivity contribution in [2.45, 2.75) is 18.6 Å². The SMILES string of the molecule is C/C(=N\NC(=O)CSc1nc2ccccc2n1Cc1ccccc1Cl)c1ccc2ccccc2c1. The molecule has 0 saturated carbocycles. The predicted molar refractivity (Wildman–Crippen MR) is 145 cm³/mol. The van der Waals surface area contributed by atoms with Crippen LogP contribution in [0.2, 0.25) is 5.02 Å². The lowest BCUT2D eigenvalue weighted by Crippen LogP contribution is -2.21. The van der Waals surface area contributed by atoms with Crippen molar-refractivity contribution in [2.75, 3.05) is 5.75 Å². The third kappa shape index (κ3) is 5.24. The van der Waals surface area contributed by atoms with Crippen LogP contribution in [-0.2, 0) is 11.3 Å². The number of hydrogen-bond acceptors (Lipinski definition) is 4. The summed E-state index contributed by atoms with van der Waals surface area (Å²) in [4.78, 5) is 17.4. The number of amides is 1. The van der Waals surface area contributed by atoms with Gasteiger partial charge in [-0.2, -0.15) is 5.10 Å². The Bertz CT molecular complexity index is 1560. The average molecular weight is 499 g/mol. The van der Waals surface area contributed by atoms with E-state index in [0.29, 0.717) is 11.6 Å². The monoisotopic (exact) mass is 498 g/mol. The van der Waals surface area contributed by atoms with Crippen LogP contribution in [0.1, 0.15) is 18.1 Å². The Labute approximate surface area is 212 Å². The standard InChI is InChI=1S/C28H23ClN4OS/c1-19(21-15-14-20-8-2-3-9-22(20)16-21)31-32-27(34)18-35-28-30-25-12-6-7-13-26(25)33(28)17-23-10-4-5-11-24(23)29/h2-16H,17-18H2,1H3,(H,32,34)/b31-19+. The highest BCUT2D eigenvalue weighted by Crippen LogP contribution is 2.27. The zero-order chi connectivity index (χ0) is 24.2. The summed E-state index contributed by atoms with van der Waals surface area (Å²) in [6, 6.07) is 30.0. The molecule has 1 aromatic heterocycles. The number of carbonyl (C=O) groups is 1. The van der Waals surface area contributed by atoms with E-state index >= 15 is 0 Å². The van der Waals surface area contributed by atoms with Crippen LogP contribution in [0.15, 0.2) is 101 Å². The van der Waals surface area contributed by atoms with E-state index in [1.54, 1.807) is 0 Å². The first kappa shape index (κ1) is 23.1. The summed E-state index contributed by atoms with van der Waals surface area (Å²) in [7, 11) is 0. The van der Waals surface area contributed by atoms with Crippen molar-refractivity contribution < 1.29 is 4.79 Å². The molecule has 5 aromatic rings. The number of fused-ring (bicyclic) bond motifs is 2. The van der Waals surface area contributed by atoms with Gasteiger partial charge in [0, 0.05) is 5.02 Å². The summed E-state index contributed by atoms with van der Waals surface area (Å²) in [6.45, 7) is 2.46. The van der Waals surface area contributed by atoms with E-state index in [0.717, 1.165) is 38.4 Å². The minimum absolute atomic E-state index is 0.188. The van der Waals surface area contributed by atoms with Gasteiger partial charge in [0.25, 0.3) is 5.91 Å². The van der Waals surface area contributed by atoms with Crippen molar-refractivity contribution in [3.63, 3.8) is 0 Å². The lowest BCUT2D eigenvalue weighted by molar-refractivity contribution is -0.118. The molecule has 0 saturated heterocycles. The van der Waals surface area contributed by atoms with Gasteiger partial charge in [-0.3, -0.25) is 4.79 Å². The molecule has 1 heterocycles. The van der Waals surface area contributed by atoms with E-state index in [2.05, 4.69) is 39.4 Å². The van der Waals surface area contributed by atoms with Gasteiger partial charge in [0.1, 0.15) is 0 Å². The van der Waals surface area contributed by atoms with Crippen LogP contribution in [0.25, 0.3) is 21.8 Å². The summed E-state index contributed by atoms with van der Waals surface area (Å²) in [6.07, 6.45) is 0. The topological polar surface area (TPSA) is 59.3 Å². The fraction of sp³-hybridized carbons (Fsp3) is 0.107. The van der Waals surface area contributed by atoms with Crippen molar-refractivity contribution in [3.05, 3.63) is 107 Å². The lowest BCUT2D eigenvalue weighted by atomic mass is 10.0. The van der Waals surface area contributed by atoms with E-state index in [1.165, 1.54) is 17.1 Å². The molecular weight excluding hydrogens is 476 g/mol. The van der Waals surface area contributed by atoms with Crippen LogP contribution >= 0.6 is 23.4 Å². The molecule has 174 valence electrons. The number of imidazole rings is 1. The minimum atomic E-state index is -0.188. The molecule has 7 heteroatoms. The fourth-order valence-electron chi connectivity index (χ4n) is 3.90. The molecule has 0 unspecified atom stereocenters. The van der Waals surface area contributed by atoms with Crippen molar-refractivity contribution in [2.24, 2.45) is 5.10 Å². The van der Waals surface area contributed by atoms with Gasteiger partial charge in [-0.05, 0) is 53.1 Å². The first-order valence-corrected chi connectivity index (χ1v) is 12.6. The third-order valence-electron chi connectivity index (χ3n) is 5.75. The zero-order valence-electron chi connectivity index (χ0n) is 19.1. The number of para-hydroxylation sites is 2. The molecule has 1 amide bonds. The molecule has 0 bridgehead atoms. The molecule has 35 heavy (non-hydrogen) atoms. The molecule has 0 spiro atoms. The number of nitrogens with zero attached hydrogens (tertiary/aromatic N) is 3. The van der Waals surface area contributed by atoms with E-state index in [-0.39, 0.29) is 11.7 Å². The van der Waals surface area contributed by atoms with Gasteiger partial charge in [0.05, 0.1) is 29.0 Å². The number of benzene rings is 4. The number of carbonyl (C=O) groups excluding carboxylic acids is 1. The van der Waals surface area contributed by atoms with Crippen LogP contribution in [-0.4, -0.2) is 26.9 Å². The summed E-state index contributed by atoms with van der Waals surface area (Å²) in [5.41, 5.74) is 7.28. The van der Waals surface area contributed by atoms with Crippen LogP contribution in [0.3, 0.4) is 0 Å². The highest BCUT2D eigenvalue weighted by molar-refractivity contribution is 7.99. The number of rotatable bonds is 7. The highest BCUT2D eigenvalue weighted by atomic mass is 35.5. The first-order chi connectivity index (χ1) is 17.1. The molecule has 0 aliphatic rings. The summed E-state index contributed by atoms with van der Waals surface area (Å²) >= 11 is 7.79. The average Bonchev–Trinajstić information content (AvgIpc) is 3.24. The van der Waals surface area contributed by atoms with Crippen LogP contribution < -0.4 is 5.43 Å². The Hall–Kier alpha value is -3.61. The minimum Gasteiger partial charge on any atom is -0.314 e. The number of thioether (sulfide) groups is 1. The second-order valence-corrected chi connectivity index (χ2v) is 9.49. The first-order valence-electron chi connectivity index (χ1n) is 11.2. The number of halogens is 1. The Morgan fingerprint density at radius 3 is 2.57 bits per heavy atom. The van der Waals surface area contributed by atoms with Gasteiger partial charge in [0.2, 0.25) is 0 Å². The fourth-order valence-corrected chi connectivity index (χ4v) is 4.90. The van der Waals surface area contributed by atoms with Crippen LogP contribution in [0.5, 0.6) is 0 Å². The zero-order valence-corrected chi connectivity index (χ0v) is 20.7. The van der Waals surface area contributed by atoms with Crippen molar-refractivity contribution in [1.82, 2.24) is 15.0 Å². The third-order valence-corrected chi connectivity index (χ3v) is 7.10. The van der Waals surface area contributed by atoms with E-state index in [4.69, 9.17) is 16.6 Å². The van der Waals surface area contributed by atoms with Crippen molar-refractivity contribution in [3.8, 4) is 0 Å². The van der Waals surface area contributed by atoms with Crippen molar-refractivity contribution >= 4 is 56.8 Å². The normalized spacial score (nSPS) is 11.8. The van der Waals surface area contributed by atoms with Crippen molar-refractivity contribution in [1.29, 1.82) is 0 Å². The number of hydrazone groups is 1. The van der Waals surface area contributed by atoms with Gasteiger partial charge in [-0.15, -0.1) is 0 Å². The van der Waals surface area contributed by atoms with Gasteiger partial charge in [-0.25, -0.2) is 10.4 Å². The number of aromatic nitrogens is 2. The second-order valence-electron chi connectivity index (χ2n) is 8.14. The highest BCUT2D eigenvalue weighted by Gasteiger charge is 2.14. The maximum absolute atomic E-state index is 12.6. The molecule has 4 aromatic carbocycles. The molecule has 5 nitrogen and oxygen atoms in total. The Kier molecular flexibility index (Phi) is 6.84. The van der Waals surface area contributed by atoms with Gasteiger partial charge in [-0.1, -0.05) is 90.1 Å². The summed E-state index contributed by atoms with van der Waals surface area (Å²) < 4.78 is 2.10. The smallest absolute Gasteiger partial charge is 0.250 e. The number of nitrogens with one attached hydrogen (secondary N) is 1. The molecule has 0 aliphatic heterocycles. The largest absolute Gasteiger partial charge is 0.314 e. The number of hydrogen-bond donors (Lipinski definition) is 1. The maximum Gasteiger partial charge on any atom is 0.250 e. The predicted octanol–water partition coefficient (Wildman–Crippen LogP) is 6.52. The van der Waals surface area contributed by atoms with E-state index in [1.807, 2.05) is 73.7 Å². The maximum atomic E-state index is 12.6. The lowest BCUT2D eigenvalue weighted by Gasteiger charge is -2.10.